The molecule has 0 rings (SSSR count). The molecule has 1 N–H and O–H groups in total. The Morgan fingerprint density at radius 3 is 1.19 bits per heavy atom. The van der Waals surface area contributed by atoms with Crippen LogP contribution in [0.2, 0.25) is 0 Å². The first-order valence-electron chi connectivity index (χ1n) is 12.8. The van der Waals surface area contributed by atoms with Crippen molar-refractivity contribution in [1.29, 1.82) is 0 Å². The van der Waals surface area contributed by atoms with Gasteiger partial charge in [-0.15, -0.1) is 0 Å². The Balaban J connectivity index is 3.06. The molecule has 0 bridgehead atoms. The largest absolute Gasteiger partial charge is 0.255 e. The lowest BCUT2D eigenvalue weighted by Crippen LogP contribution is -2.35. The molecule has 27 heavy (non-hydrogen) atoms. The van der Waals surface area contributed by atoms with Crippen molar-refractivity contribution in [2.24, 2.45) is 0 Å². The summed E-state index contributed by atoms with van der Waals surface area (Å²) in [4.78, 5) is 0. The number of rotatable bonds is 23. The molecule has 2 nitrogen and oxygen atoms in total. The number of hydrogen-bond acceptors (Lipinski definition) is 2. The second kappa shape index (κ2) is 24.0. The highest BCUT2D eigenvalue weighted by Gasteiger charge is 1.98. The maximum Gasteiger partial charge on any atom is 0.0127 e. The minimum Gasteiger partial charge on any atom is -0.255 e. The van der Waals surface area contributed by atoms with Gasteiger partial charge in [0, 0.05) is 20.1 Å². The lowest BCUT2D eigenvalue weighted by atomic mass is 10.0. The molecule has 2 heteroatoms. The fraction of sp³-hybridized carbons (Fsp3) is 1.00. The van der Waals surface area contributed by atoms with Gasteiger partial charge in [-0.2, -0.15) is 0 Å². The maximum absolute atomic E-state index is 3.51. The van der Waals surface area contributed by atoms with Gasteiger partial charge in [0.2, 0.25) is 0 Å². The number of hydrogen-bond donors (Lipinski definition) is 1. The molecule has 0 radical (unpaired) electrons. The zero-order valence-electron chi connectivity index (χ0n) is 19.5. The molecular formula is C25H54N2. The van der Waals surface area contributed by atoms with Crippen molar-refractivity contribution >= 4 is 0 Å². The van der Waals surface area contributed by atoms with Crippen LogP contribution in [0.5, 0.6) is 0 Å². The first kappa shape index (κ1) is 26.9. The minimum atomic E-state index is 1.14. The van der Waals surface area contributed by atoms with Gasteiger partial charge >= 0.3 is 0 Å². The van der Waals surface area contributed by atoms with E-state index >= 15 is 0 Å². The van der Waals surface area contributed by atoms with Crippen LogP contribution in [-0.2, 0) is 0 Å². The second-order valence-electron chi connectivity index (χ2n) is 8.69. The van der Waals surface area contributed by atoms with Crippen molar-refractivity contribution in [3.8, 4) is 0 Å². The van der Waals surface area contributed by atoms with Crippen molar-refractivity contribution in [2.75, 3.05) is 20.1 Å². The summed E-state index contributed by atoms with van der Waals surface area (Å²) >= 11 is 0. The van der Waals surface area contributed by atoms with Gasteiger partial charge in [0.05, 0.1) is 0 Å². The van der Waals surface area contributed by atoms with Crippen molar-refractivity contribution in [2.45, 2.75) is 142 Å². The summed E-state index contributed by atoms with van der Waals surface area (Å²) in [5.74, 6) is 0. The number of hydrazine groups is 1. The zero-order valence-corrected chi connectivity index (χ0v) is 19.5. The number of unbranched alkanes of at least 4 members (excludes halogenated alkanes) is 18. The average molecular weight is 383 g/mol. The predicted molar refractivity (Wildman–Crippen MR) is 124 cm³/mol. The van der Waals surface area contributed by atoms with Gasteiger partial charge in [-0.3, -0.25) is 5.43 Å². The number of nitrogens with zero attached hydrogens (tertiary/aromatic N) is 1. The van der Waals surface area contributed by atoms with E-state index < -0.39 is 0 Å². The first-order chi connectivity index (χ1) is 13.3. The van der Waals surface area contributed by atoms with Crippen LogP contribution in [0.1, 0.15) is 142 Å². The molecule has 0 fully saturated rings. The fourth-order valence-corrected chi connectivity index (χ4v) is 3.80. The average Bonchev–Trinajstić information content (AvgIpc) is 2.67. The molecule has 0 saturated carbocycles. The van der Waals surface area contributed by atoms with Crippen molar-refractivity contribution < 1.29 is 0 Å². The van der Waals surface area contributed by atoms with Gasteiger partial charge in [0.1, 0.15) is 0 Å². The number of nitrogens with one attached hydrogen (secondary N) is 1. The highest BCUT2D eigenvalue weighted by molar-refractivity contribution is 4.52. The van der Waals surface area contributed by atoms with Crippen LogP contribution < -0.4 is 5.43 Å². The molecule has 0 heterocycles. The van der Waals surface area contributed by atoms with E-state index in [9.17, 15) is 0 Å². The highest BCUT2D eigenvalue weighted by Crippen LogP contribution is 2.14. The molecule has 164 valence electrons. The molecule has 0 aliphatic carbocycles. The van der Waals surface area contributed by atoms with Gasteiger partial charge < -0.3 is 0 Å². The Morgan fingerprint density at radius 2 is 0.778 bits per heavy atom. The summed E-state index contributed by atoms with van der Waals surface area (Å²) in [6.45, 7) is 6.91. The molecule has 0 saturated heterocycles. The smallest absolute Gasteiger partial charge is 0.0127 e. The molecule has 0 aromatic carbocycles. The molecule has 0 atom stereocenters. The van der Waals surface area contributed by atoms with E-state index in [0.29, 0.717) is 0 Å². The third kappa shape index (κ3) is 23.9. The third-order valence-corrected chi connectivity index (χ3v) is 5.76. The Hall–Kier alpha value is -0.0800. The van der Waals surface area contributed by atoms with E-state index in [-0.39, 0.29) is 0 Å². The molecular weight excluding hydrogens is 328 g/mol. The van der Waals surface area contributed by atoms with Crippen LogP contribution in [0.25, 0.3) is 0 Å². The normalized spacial score (nSPS) is 11.6. The predicted octanol–water partition coefficient (Wildman–Crippen LogP) is 8.26. The van der Waals surface area contributed by atoms with E-state index in [1.54, 1.807) is 0 Å². The molecule has 0 aliphatic rings. The standard InChI is InChI=1S/C25H54N2/c1-4-6-8-9-10-11-12-13-14-15-16-17-18-19-20-21-23-25-27(3)26-24-22-7-5-2/h26H,4-25H2,1-3H3. The lowest BCUT2D eigenvalue weighted by Gasteiger charge is -2.17. The van der Waals surface area contributed by atoms with Gasteiger partial charge in [0.15, 0.2) is 0 Å². The molecule has 0 aliphatic heterocycles. The summed E-state index contributed by atoms with van der Waals surface area (Å²) in [6.07, 6.45) is 28.6. The van der Waals surface area contributed by atoms with Crippen LogP contribution in [0.15, 0.2) is 0 Å². The Morgan fingerprint density at radius 1 is 0.444 bits per heavy atom. The van der Waals surface area contributed by atoms with Gasteiger partial charge in [-0.25, -0.2) is 5.01 Å². The van der Waals surface area contributed by atoms with Crippen LogP contribution >= 0.6 is 0 Å². The van der Waals surface area contributed by atoms with E-state index in [4.69, 9.17) is 0 Å². The summed E-state index contributed by atoms with van der Waals surface area (Å²) in [5, 5.41) is 2.29. The monoisotopic (exact) mass is 382 g/mol. The van der Waals surface area contributed by atoms with Gasteiger partial charge in [-0.05, 0) is 12.8 Å². The van der Waals surface area contributed by atoms with Crippen molar-refractivity contribution in [1.82, 2.24) is 10.4 Å². The molecule has 0 amide bonds. The van der Waals surface area contributed by atoms with Gasteiger partial charge in [0.25, 0.3) is 0 Å². The Bertz CT molecular complexity index is 255. The van der Waals surface area contributed by atoms with Crippen molar-refractivity contribution in [3.05, 3.63) is 0 Å². The molecule has 0 aromatic rings. The molecule has 0 unspecified atom stereocenters. The SMILES string of the molecule is CCCCCCCCCCCCCCCCCCCN(C)NCCCCC. The molecule has 0 aromatic heterocycles. The molecule has 0 spiro atoms. The summed E-state index contributed by atoms with van der Waals surface area (Å²) < 4.78 is 0. The highest BCUT2D eigenvalue weighted by atomic mass is 15.5. The summed E-state index contributed by atoms with van der Waals surface area (Å²) in [7, 11) is 2.19. The Kier molecular flexibility index (Phi) is 23.9. The maximum atomic E-state index is 3.51. The second-order valence-corrected chi connectivity index (χ2v) is 8.69. The third-order valence-electron chi connectivity index (χ3n) is 5.76. The van der Waals surface area contributed by atoms with Crippen molar-refractivity contribution in [3.63, 3.8) is 0 Å². The summed E-state index contributed by atoms with van der Waals surface area (Å²) in [5.41, 5.74) is 3.51. The quantitative estimate of drug-likeness (QED) is 0.141. The van der Waals surface area contributed by atoms with Crippen LogP contribution in [0, 0.1) is 0 Å². The lowest BCUT2D eigenvalue weighted by molar-refractivity contribution is 0.227. The first-order valence-corrected chi connectivity index (χ1v) is 12.8. The van der Waals surface area contributed by atoms with E-state index in [0.717, 1.165) is 6.54 Å². The van der Waals surface area contributed by atoms with E-state index in [1.807, 2.05) is 0 Å². The van der Waals surface area contributed by atoms with Crippen LogP contribution in [0.3, 0.4) is 0 Å². The fourth-order valence-electron chi connectivity index (χ4n) is 3.80. The van der Waals surface area contributed by atoms with Gasteiger partial charge in [-0.1, -0.05) is 129 Å². The zero-order chi connectivity index (χ0) is 19.8. The van der Waals surface area contributed by atoms with E-state index in [1.165, 1.54) is 135 Å². The Labute approximate surface area is 173 Å². The van der Waals surface area contributed by atoms with E-state index in [2.05, 4.69) is 31.3 Å². The summed E-state index contributed by atoms with van der Waals surface area (Å²) in [6, 6.07) is 0. The van der Waals surface area contributed by atoms with Crippen LogP contribution in [-0.4, -0.2) is 25.1 Å². The topological polar surface area (TPSA) is 15.3 Å². The van der Waals surface area contributed by atoms with Crippen LogP contribution in [0.4, 0.5) is 0 Å². The minimum absolute atomic E-state index is 1.14.